The third kappa shape index (κ3) is 2.64. The SMILES string of the molecule is CCCc1cc(NC)nc(-c2ccc(C)o2)n1. The highest BCUT2D eigenvalue weighted by molar-refractivity contribution is 5.51. The predicted molar refractivity (Wildman–Crippen MR) is 68.0 cm³/mol. The van der Waals surface area contributed by atoms with E-state index in [2.05, 4.69) is 22.2 Å². The Morgan fingerprint density at radius 1 is 1.29 bits per heavy atom. The lowest BCUT2D eigenvalue weighted by Gasteiger charge is -2.05. The molecule has 4 heteroatoms. The van der Waals surface area contributed by atoms with Crippen LogP contribution >= 0.6 is 0 Å². The van der Waals surface area contributed by atoms with Crippen LogP contribution < -0.4 is 5.32 Å². The van der Waals surface area contributed by atoms with E-state index in [1.165, 1.54) is 0 Å². The third-order valence-corrected chi connectivity index (χ3v) is 2.50. The second-order valence-corrected chi connectivity index (χ2v) is 3.98. The zero-order valence-corrected chi connectivity index (χ0v) is 10.4. The van der Waals surface area contributed by atoms with Crippen molar-refractivity contribution in [3.05, 3.63) is 29.7 Å². The molecule has 0 aliphatic carbocycles. The van der Waals surface area contributed by atoms with Gasteiger partial charge in [-0.1, -0.05) is 13.3 Å². The van der Waals surface area contributed by atoms with Crippen molar-refractivity contribution in [1.29, 1.82) is 0 Å². The maximum absolute atomic E-state index is 5.55. The Hall–Kier alpha value is -1.84. The van der Waals surface area contributed by atoms with E-state index < -0.39 is 0 Å². The second-order valence-electron chi connectivity index (χ2n) is 3.98. The van der Waals surface area contributed by atoms with Crippen molar-refractivity contribution >= 4 is 5.82 Å². The summed E-state index contributed by atoms with van der Waals surface area (Å²) in [6.07, 6.45) is 2.01. The molecule has 17 heavy (non-hydrogen) atoms. The van der Waals surface area contributed by atoms with Gasteiger partial charge in [0.05, 0.1) is 0 Å². The van der Waals surface area contributed by atoms with E-state index in [9.17, 15) is 0 Å². The van der Waals surface area contributed by atoms with Crippen LogP contribution in [0.3, 0.4) is 0 Å². The molecule has 0 aromatic carbocycles. The molecule has 0 saturated carbocycles. The van der Waals surface area contributed by atoms with Crippen molar-refractivity contribution < 1.29 is 4.42 Å². The van der Waals surface area contributed by atoms with Crippen LogP contribution in [-0.2, 0) is 6.42 Å². The maximum atomic E-state index is 5.55. The molecule has 4 nitrogen and oxygen atoms in total. The van der Waals surface area contributed by atoms with Gasteiger partial charge >= 0.3 is 0 Å². The van der Waals surface area contributed by atoms with Crippen LogP contribution in [0.1, 0.15) is 24.8 Å². The largest absolute Gasteiger partial charge is 0.458 e. The van der Waals surface area contributed by atoms with Crippen molar-refractivity contribution in [1.82, 2.24) is 9.97 Å². The van der Waals surface area contributed by atoms with Gasteiger partial charge in [-0.15, -0.1) is 0 Å². The maximum Gasteiger partial charge on any atom is 0.197 e. The first-order valence-corrected chi connectivity index (χ1v) is 5.85. The van der Waals surface area contributed by atoms with Gasteiger partial charge in [-0.3, -0.25) is 0 Å². The van der Waals surface area contributed by atoms with E-state index in [1.54, 1.807) is 0 Å². The Labute approximate surface area is 101 Å². The van der Waals surface area contributed by atoms with Crippen molar-refractivity contribution in [2.75, 3.05) is 12.4 Å². The first kappa shape index (κ1) is 11.6. The third-order valence-electron chi connectivity index (χ3n) is 2.50. The van der Waals surface area contributed by atoms with Crippen LogP contribution in [-0.4, -0.2) is 17.0 Å². The Morgan fingerprint density at radius 2 is 2.12 bits per heavy atom. The van der Waals surface area contributed by atoms with Crippen LogP contribution in [0, 0.1) is 6.92 Å². The normalized spacial score (nSPS) is 10.5. The lowest BCUT2D eigenvalue weighted by molar-refractivity contribution is 0.543. The first-order valence-electron chi connectivity index (χ1n) is 5.85. The van der Waals surface area contributed by atoms with Gasteiger partial charge in [0.1, 0.15) is 11.6 Å². The smallest absolute Gasteiger partial charge is 0.197 e. The molecule has 90 valence electrons. The van der Waals surface area contributed by atoms with Gasteiger partial charge in [-0.05, 0) is 25.5 Å². The van der Waals surface area contributed by atoms with E-state index in [0.717, 1.165) is 35.9 Å². The van der Waals surface area contributed by atoms with Crippen LogP contribution in [0.2, 0.25) is 0 Å². The molecule has 0 spiro atoms. The highest BCUT2D eigenvalue weighted by Crippen LogP contribution is 2.20. The zero-order chi connectivity index (χ0) is 12.3. The minimum atomic E-state index is 0.647. The van der Waals surface area contributed by atoms with Crippen LogP contribution in [0.5, 0.6) is 0 Å². The topological polar surface area (TPSA) is 51.0 Å². The van der Waals surface area contributed by atoms with Crippen molar-refractivity contribution in [2.45, 2.75) is 26.7 Å². The van der Waals surface area contributed by atoms with E-state index in [1.807, 2.05) is 32.2 Å². The summed E-state index contributed by atoms with van der Waals surface area (Å²) in [4.78, 5) is 8.91. The van der Waals surface area contributed by atoms with Gasteiger partial charge in [0.15, 0.2) is 11.6 Å². The van der Waals surface area contributed by atoms with Crippen molar-refractivity contribution in [3.8, 4) is 11.6 Å². The molecule has 0 aliphatic rings. The fourth-order valence-corrected chi connectivity index (χ4v) is 1.67. The minimum Gasteiger partial charge on any atom is -0.458 e. The Bertz CT molecular complexity index is 505. The Morgan fingerprint density at radius 3 is 2.71 bits per heavy atom. The van der Waals surface area contributed by atoms with Crippen LogP contribution in [0.15, 0.2) is 22.6 Å². The fraction of sp³-hybridized carbons (Fsp3) is 0.385. The van der Waals surface area contributed by atoms with Gasteiger partial charge < -0.3 is 9.73 Å². The summed E-state index contributed by atoms with van der Waals surface area (Å²) in [6.45, 7) is 4.05. The fourth-order valence-electron chi connectivity index (χ4n) is 1.67. The molecule has 0 radical (unpaired) electrons. The van der Waals surface area contributed by atoms with Crippen LogP contribution in [0.25, 0.3) is 11.6 Å². The molecule has 0 saturated heterocycles. The molecule has 2 aromatic rings. The van der Waals surface area contributed by atoms with E-state index in [-0.39, 0.29) is 0 Å². The molecule has 0 aliphatic heterocycles. The number of hydrogen-bond acceptors (Lipinski definition) is 4. The number of nitrogens with one attached hydrogen (secondary N) is 1. The first-order chi connectivity index (χ1) is 8.22. The zero-order valence-electron chi connectivity index (χ0n) is 10.4. The molecular formula is C13H17N3O. The molecular weight excluding hydrogens is 214 g/mol. The number of aryl methyl sites for hydroxylation is 2. The van der Waals surface area contributed by atoms with Gasteiger partial charge in [-0.2, -0.15) is 0 Å². The van der Waals surface area contributed by atoms with E-state index >= 15 is 0 Å². The lowest BCUT2D eigenvalue weighted by atomic mass is 10.2. The average molecular weight is 231 g/mol. The number of rotatable bonds is 4. The Balaban J connectivity index is 2.42. The van der Waals surface area contributed by atoms with E-state index in [0.29, 0.717) is 5.82 Å². The van der Waals surface area contributed by atoms with Gasteiger partial charge in [0.25, 0.3) is 0 Å². The number of hydrogen-bond donors (Lipinski definition) is 1. The summed E-state index contributed by atoms with van der Waals surface area (Å²) in [5, 5.41) is 3.05. The quantitative estimate of drug-likeness (QED) is 0.878. The molecule has 2 rings (SSSR count). The highest BCUT2D eigenvalue weighted by Gasteiger charge is 2.09. The standard InChI is InChI=1S/C13H17N3O/c1-4-5-10-8-12(14-3)16-13(15-10)11-7-6-9(2)17-11/h6-8H,4-5H2,1-3H3,(H,14,15,16). The summed E-state index contributed by atoms with van der Waals surface area (Å²) in [7, 11) is 1.86. The summed E-state index contributed by atoms with van der Waals surface area (Å²) in [5.41, 5.74) is 1.04. The molecule has 0 fully saturated rings. The molecule has 0 bridgehead atoms. The van der Waals surface area contributed by atoms with Gasteiger partial charge in [-0.25, -0.2) is 9.97 Å². The highest BCUT2D eigenvalue weighted by atomic mass is 16.3. The molecule has 0 atom stereocenters. The molecule has 2 heterocycles. The second kappa shape index (κ2) is 4.99. The average Bonchev–Trinajstić information content (AvgIpc) is 2.76. The van der Waals surface area contributed by atoms with Gasteiger partial charge in [0, 0.05) is 18.8 Å². The van der Waals surface area contributed by atoms with Crippen LogP contribution in [0.4, 0.5) is 5.82 Å². The predicted octanol–water partition coefficient (Wildman–Crippen LogP) is 3.04. The number of aromatic nitrogens is 2. The molecule has 0 amide bonds. The van der Waals surface area contributed by atoms with E-state index in [4.69, 9.17) is 4.42 Å². The minimum absolute atomic E-state index is 0.647. The lowest BCUT2D eigenvalue weighted by Crippen LogP contribution is -2.00. The number of nitrogens with zero attached hydrogens (tertiary/aromatic N) is 2. The Kier molecular flexibility index (Phi) is 3.42. The monoisotopic (exact) mass is 231 g/mol. The van der Waals surface area contributed by atoms with Gasteiger partial charge in [0.2, 0.25) is 0 Å². The molecule has 2 aromatic heterocycles. The summed E-state index contributed by atoms with van der Waals surface area (Å²) in [6, 6.07) is 5.80. The summed E-state index contributed by atoms with van der Waals surface area (Å²) in [5.74, 6) is 3.06. The summed E-state index contributed by atoms with van der Waals surface area (Å²) >= 11 is 0. The molecule has 1 N–H and O–H groups in total. The number of anilines is 1. The van der Waals surface area contributed by atoms with Crippen molar-refractivity contribution in [3.63, 3.8) is 0 Å². The summed E-state index contributed by atoms with van der Waals surface area (Å²) < 4.78 is 5.55. The molecule has 0 unspecified atom stereocenters. The van der Waals surface area contributed by atoms with Crippen molar-refractivity contribution in [2.24, 2.45) is 0 Å². The number of furan rings is 1.